The van der Waals surface area contributed by atoms with Gasteiger partial charge in [0.05, 0.1) is 20.7 Å². The zero-order valence-electron chi connectivity index (χ0n) is 16.6. The lowest BCUT2D eigenvalue weighted by Crippen LogP contribution is -2.28. The van der Waals surface area contributed by atoms with E-state index in [0.29, 0.717) is 13.1 Å². The number of nitrogens with one attached hydrogen (secondary N) is 1. The molecule has 30 heavy (non-hydrogen) atoms. The van der Waals surface area contributed by atoms with Crippen molar-refractivity contribution in [2.45, 2.75) is 41.7 Å². The molecule has 2 aromatic carbocycles. The van der Waals surface area contributed by atoms with E-state index in [1.165, 1.54) is 34.6 Å². The molecule has 1 saturated heterocycles. The lowest BCUT2D eigenvalue weighted by molar-refractivity contribution is 0.102. The van der Waals surface area contributed by atoms with Crippen molar-refractivity contribution in [1.29, 1.82) is 0 Å². The second kappa shape index (κ2) is 8.66. The predicted octanol–water partition coefficient (Wildman–Crippen LogP) is 3.56. The van der Waals surface area contributed by atoms with Gasteiger partial charge in [0.25, 0.3) is 5.91 Å². The van der Waals surface area contributed by atoms with E-state index in [2.05, 4.69) is 5.32 Å². The lowest BCUT2D eigenvalue weighted by Gasteiger charge is -2.17. The Morgan fingerprint density at radius 2 is 1.63 bits per heavy atom. The van der Waals surface area contributed by atoms with Gasteiger partial charge in [-0.3, -0.25) is 4.79 Å². The molecule has 0 saturated carbocycles. The van der Waals surface area contributed by atoms with Gasteiger partial charge < -0.3 is 5.32 Å². The molecule has 1 amide bonds. The van der Waals surface area contributed by atoms with Crippen LogP contribution in [0.4, 0.5) is 5.69 Å². The summed E-state index contributed by atoms with van der Waals surface area (Å²) in [6.07, 6.45) is 1.57. The van der Waals surface area contributed by atoms with Gasteiger partial charge >= 0.3 is 0 Å². The molecule has 0 aromatic heterocycles. The van der Waals surface area contributed by atoms with Gasteiger partial charge in [0.1, 0.15) is 4.90 Å². The summed E-state index contributed by atoms with van der Waals surface area (Å²) in [5.41, 5.74) is 0.198. The van der Waals surface area contributed by atoms with Crippen molar-refractivity contribution in [2.75, 3.05) is 18.4 Å². The van der Waals surface area contributed by atoms with Crippen LogP contribution in [0, 0.1) is 0 Å². The van der Waals surface area contributed by atoms with Gasteiger partial charge in [-0.05, 0) is 57.0 Å². The Morgan fingerprint density at radius 3 is 2.27 bits per heavy atom. The van der Waals surface area contributed by atoms with Crippen molar-refractivity contribution in [2.24, 2.45) is 0 Å². The summed E-state index contributed by atoms with van der Waals surface area (Å²) in [5, 5.41) is 1.96. The van der Waals surface area contributed by atoms with Crippen molar-refractivity contribution in [1.82, 2.24) is 4.31 Å². The Labute approximate surface area is 182 Å². The van der Waals surface area contributed by atoms with E-state index < -0.39 is 31.0 Å². The molecule has 0 atom stereocenters. The maximum atomic E-state index is 12.9. The van der Waals surface area contributed by atoms with Crippen LogP contribution in [0.2, 0.25) is 5.02 Å². The number of benzene rings is 2. The molecule has 1 aliphatic heterocycles. The quantitative estimate of drug-likeness (QED) is 0.695. The van der Waals surface area contributed by atoms with Crippen LogP contribution in [0.25, 0.3) is 0 Å². The largest absolute Gasteiger partial charge is 0.322 e. The zero-order valence-corrected chi connectivity index (χ0v) is 19.0. The summed E-state index contributed by atoms with van der Waals surface area (Å²) in [7, 11) is -7.46. The Hall–Kier alpha value is -1.94. The van der Waals surface area contributed by atoms with Crippen LogP contribution in [0.5, 0.6) is 0 Å². The fraction of sp³-hybridized carbons (Fsp3) is 0.350. The van der Waals surface area contributed by atoms with Crippen LogP contribution in [0.3, 0.4) is 0 Å². The third-order valence-corrected chi connectivity index (χ3v) is 9.52. The van der Waals surface area contributed by atoms with Crippen molar-refractivity contribution >= 4 is 43.1 Å². The normalized spacial score (nSPS) is 15.5. The molecule has 7 nitrogen and oxygen atoms in total. The van der Waals surface area contributed by atoms with Crippen LogP contribution >= 0.6 is 11.6 Å². The number of carbonyl (C=O) groups is 1. The van der Waals surface area contributed by atoms with Gasteiger partial charge in [-0.25, -0.2) is 16.8 Å². The molecule has 0 unspecified atom stereocenters. The number of halogens is 1. The van der Waals surface area contributed by atoms with Gasteiger partial charge in [-0.15, -0.1) is 0 Å². The van der Waals surface area contributed by atoms with Crippen LogP contribution in [0.1, 0.15) is 37.0 Å². The molecular formula is C20H23ClN2O5S2. The number of carbonyl (C=O) groups excluding carboxylic acids is 1. The molecule has 0 aliphatic carbocycles. The fourth-order valence-corrected chi connectivity index (χ4v) is 6.46. The third kappa shape index (κ3) is 4.39. The maximum Gasteiger partial charge on any atom is 0.256 e. The first-order chi connectivity index (χ1) is 14.0. The molecule has 1 heterocycles. The molecule has 10 heteroatoms. The van der Waals surface area contributed by atoms with E-state index >= 15 is 0 Å². The van der Waals surface area contributed by atoms with Crippen molar-refractivity contribution in [3.8, 4) is 0 Å². The monoisotopic (exact) mass is 470 g/mol. The number of sulfonamides is 1. The average Bonchev–Trinajstić information content (AvgIpc) is 3.25. The van der Waals surface area contributed by atoms with E-state index in [1.54, 1.807) is 26.0 Å². The number of anilines is 1. The zero-order chi connectivity index (χ0) is 22.1. The highest BCUT2D eigenvalue weighted by atomic mass is 35.5. The van der Waals surface area contributed by atoms with Gasteiger partial charge in [-0.1, -0.05) is 23.7 Å². The van der Waals surface area contributed by atoms with E-state index in [-0.39, 0.29) is 26.1 Å². The van der Waals surface area contributed by atoms with Crippen molar-refractivity contribution in [3.63, 3.8) is 0 Å². The standard InChI is InChI=1S/C20H23ClN2O5S2/c1-14(2)29(25,26)18-8-4-3-7-16(18)20(24)22-15-9-10-17(21)19(13-15)30(27,28)23-11-5-6-12-23/h3-4,7-10,13-14H,5-6,11-12H2,1-2H3,(H,22,24). The van der Waals surface area contributed by atoms with Crippen LogP contribution in [-0.2, 0) is 19.9 Å². The molecule has 1 fully saturated rings. The Bertz CT molecular complexity index is 1170. The summed E-state index contributed by atoms with van der Waals surface area (Å²) in [4.78, 5) is 12.7. The molecule has 0 radical (unpaired) electrons. The van der Waals surface area contributed by atoms with Gasteiger partial charge in [0, 0.05) is 18.8 Å². The van der Waals surface area contributed by atoms with E-state index in [1.807, 2.05) is 0 Å². The number of nitrogens with zero attached hydrogens (tertiary/aromatic N) is 1. The van der Waals surface area contributed by atoms with Crippen LogP contribution < -0.4 is 5.32 Å². The highest BCUT2D eigenvalue weighted by molar-refractivity contribution is 7.92. The summed E-state index contributed by atoms with van der Waals surface area (Å²) >= 11 is 6.13. The topological polar surface area (TPSA) is 101 Å². The lowest BCUT2D eigenvalue weighted by atomic mass is 10.2. The van der Waals surface area contributed by atoms with Gasteiger partial charge in [0.2, 0.25) is 10.0 Å². The second-order valence-corrected chi connectivity index (χ2v) is 12.1. The first kappa shape index (κ1) is 22.7. The minimum atomic E-state index is -3.78. The Balaban J connectivity index is 1.95. The Kier molecular flexibility index (Phi) is 6.57. The third-order valence-electron chi connectivity index (χ3n) is 4.93. The highest BCUT2D eigenvalue weighted by Crippen LogP contribution is 2.30. The first-order valence-corrected chi connectivity index (χ1v) is 12.9. The number of hydrogen-bond acceptors (Lipinski definition) is 5. The Morgan fingerprint density at radius 1 is 1.00 bits per heavy atom. The SMILES string of the molecule is CC(C)S(=O)(=O)c1ccccc1C(=O)Nc1ccc(Cl)c(S(=O)(=O)N2CCCC2)c1. The van der Waals surface area contributed by atoms with Gasteiger partial charge in [-0.2, -0.15) is 4.31 Å². The van der Waals surface area contributed by atoms with Crippen LogP contribution in [0.15, 0.2) is 52.3 Å². The molecule has 1 aliphatic rings. The predicted molar refractivity (Wildman–Crippen MR) is 116 cm³/mol. The first-order valence-electron chi connectivity index (χ1n) is 9.49. The second-order valence-electron chi connectivity index (χ2n) is 7.30. The smallest absolute Gasteiger partial charge is 0.256 e. The molecule has 0 spiro atoms. The van der Waals surface area contributed by atoms with Crippen molar-refractivity contribution in [3.05, 3.63) is 53.1 Å². The summed E-state index contributed by atoms with van der Waals surface area (Å²) in [5.74, 6) is -0.651. The van der Waals surface area contributed by atoms with E-state index in [4.69, 9.17) is 11.6 Å². The van der Waals surface area contributed by atoms with E-state index in [0.717, 1.165) is 12.8 Å². The molecule has 162 valence electrons. The maximum absolute atomic E-state index is 12.9. The molecular weight excluding hydrogens is 448 g/mol. The number of hydrogen-bond donors (Lipinski definition) is 1. The molecule has 2 aromatic rings. The van der Waals surface area contributed by atoms with Gasteiger partial charge in [0.15, 0.2) is 9.84 Å². The summed E-state index contributed by atoms with van der Waals surface area (Å²) < 4.78 is 52.3. The molecule has 1 N–H and O–H groups in total. The minimum absolute atomic E-state index is 0.00917. The molecule has 0 bridgehead atoms. The van der Waals surface area contributed by atoms with Crippen LogP contribution in [-0.4, -0.2) is 45.4 Å². The molecule has 3 rings (SSSR count). The number of amides is 1. The average molecular weight is 471 g/mol. The number of sulfone groups is 1. The van der Waals surface area contributed by atoms with E-state index in [9.17, 15) is 21.6 Å². The minimum Gasteiger partial charge on any atom is -0.322 e. The van der Waals surface area contributed by atoms with Crippen molar-refractivity contribution < 1.29 is 21.6 Å². The summed E-state index contributed by atoms with van der Waals surface area (Å²) in [6.45, 7) is 3.93. The summed E-state index contributed by atoms with van der Waals surface area (Å²) in [6, 6.07) is 10.1. The fourth-order valence-electron chi connectivity index (χ4n) is 3.20. The number of rotatable bonds is 6. The highest BCUT2D eigenvalue weighted by Gasteiger charge is 2.30.